The number of aromatic nitrogens is 4. The Kier molecular flexibility index (Phi) is 6.23. The lowest BCUT2D eigenvalue weighted by atomic mass is 9.82. The van der Waals surface area contributed by atoms with Crippen LogP contribution in [0.4, 0.5) is 0 Å². The fraction of sp³-hybridized carbons (Fsp3) is 0.0625. The molecule has 0 bridgehead atoms. The average molecular weight is 681 g/mol. The Morgan fingerprint density at radius 3 is 1.77 bits per heavy atom. The number of nitrogens with zero attached hydrogens (tertiary/aromatic N) is 4. The highest BCUT2D eigenvalue weighted by Crippen LogP contribution is 2.51. The molecule has 0 N–H and O–H groups in total. The van der Waals surface area contributed by atoms with Crippen LogP contribution in [0.1, 0.15) is 25.0 Å². The minimum atomic E-state index is -0.130. The zero-order valence-corrected chi connectivity index (χ0v) is 29.2. The number of hydrogen-bond acceptors (Lipinski definition) is 4. The van der Waals surface area contributed by atoms with Crippen molar-refractivity contribution < 1.29 is 4.42 Å². The van der Waals surface area contributed by atoms with Crippen molar-refractivity contribution in [3.63, 3.8) is 0 Å². The van der Waals surface area contributed by atoms with E-state index in [-0.39, 0.29) is 5.41 Å². The highest BCUT2D eigenvalue weighted by molar-refractivity contribution is 6.25. The highest BCUT2D eigenvalue weighted by Gasteiger charge is 2.36. The summed E-state index contributed by atoms with van der Waals surface area (Å²) in [5, 5.41) is 4.65. The molecule has 250 valence electrons. The Bertz CT molecular complexity index is 3010. The van der Waals surface area contributed by atoms with Crippen LogP contribution in [0.2, 0.25) is 0 Å². The first-order valence-corrected chi connectivity index (χ1v) is 18.0. The summed E-state index contributed by atoms with van der Waals surface area (Å²) < 4.78 is 8.87. The van der Waals surface area contributed by atoms with Crippen molar-refractivity contribution in [2.75, 3.05) is 0 Å². The van der Waals surface area contributed by atoms with Gasteiger partial charge < -0.3 is 8.98 Å². The predicted octanol–water partition coefficient (Wildman–Crippen LogP) is 12.2. The molecular weight excluding hydrogens is 649 g/mol. The van der Waals surface area contributed by atoms with Crippen LogP contribution < -0.4 is 0 Å². The second-order valence-corrected chi connectivity index (χ2v) is 14.4. The molecule has 3 heterocycles. The molecule has 53 heavy (non-hydrogen) atoms. The van der Waals surface area contributed by atoms with Gasteiger partial charge in [-0.3, -0.25) is 0 Å². The average Bonchev–Trinajstić information content (AvgIpc) is 3.83. The molecule has 0 radical (unpaired) electrons. The van der Waals surface area contributed by atoms with Gasteiger partial charge in [0.2, 0.25) is 0 Å². The first kappa shape index (κ1) is 29.8. The van der Waals surface area contributed by atoms with Gasteiger partial charge in [-0.25, -0.2) is 15.0 Å². The van der Waals surface area contributed by atoms with E-state index in [1.807, 2.05) is 66.7 Å². The van der Waals surface area contributed by atoms with Gasteiger partial charge >= 0.3 is 0 Å². The second-order valence-electron chi connectivity index (χ2n) is 14.4. The van der Waals surface area contributed by atoms with Crippen molar-refractivity contribution in [1.29, 1.82) is 0 Å². The van der Waals surface area contributed by atoms with E-state index in [1.165, 1.54) is 38.5 Å². The van der Waals surface area contributed by atoms with Gasteiger partial charge in [0, 0.05) is 44.0 Å². The Morgan fingerprint density at radius 2 is 1.08 bits per heavy atom. The third-order valence-corrected chi connectivity index (χ3v) is 11.1. The fourth-order valence-electron chi connectivity index (χ4n) is 8.47. The van der Waals surface area contributed by atoms with Gasteiger partial charge in [0.25, 0.3) is 0 Å². The van der Waals surface area contributed by atoms with Crippen LogP contribution >= 0.6 is 0 Å². The first-order chi connectivity index (χ1) is 26.0. The summed E-state index contributed by atoms with van der Waals surface area (Å²) in [6, 6.07) is 55.3. The van der Waals surface area contributed by atoms with Crippen molar-refractivity contribution >= 4 is 43.7 Å². The monoisotopic (exact) mass is 680 g/mol. The molecule has 0 unspecified atom stereocenters. The van der Waals surface area contributed by atoms with Crippen molar-refractivity contribution in [1.82, 2.24) is 19.5 Å². The molecular formula is C48H32N4O. The van der Waals surface area contributed by atoms with Crippen LogP contribution in [0.3, 0.4) is 0 Å². The molecule has 5 nitrogen and oxygen atoms in total. The Morgan fingerprint density at radius 1 is 0.472 bits per heavy atom. The van der Waals surface area contributed by atoms with Gasteiger partial charge in [-0.15, -0.1) is 0 Å². The lowest BCUT2D eigenvalue weighted by molar-refractivity contribution is 0.661. The van der Waals surface area contributed by atoms with E-state index in [9.17, 15) is 0 Å². The van der Waals surface area contributed by atoms with Crippen LogP contribution in [-0.2, 0) is 5.41 Å². The van der Waals surface area contributed by atoms with E-state index in [2.05, 4.69) is 109 Å². The maximum atomic E-state index is 6.44. The Balaban J connectivity index is 1.15. The van der Waals surface area contributed by atoms with E-state index in [1.54, 1.807) is 0 Å². The van der Waals surface area contributed by atoms with Crippen molar-refractivity contribution in [2.24, 2.45) is 0 Å². The zero-order valence-electron chi connectivity index (χ0n) is 29.2. The molecule has 0 saturated carbocycles. The number of hydrogen-bond donors (Lipinski definition) is 0. The Hall–Kier alpha value is -6.85. The first-order valence-electron chi connectivity index (χ1n) is 18.0. The predicted molar refractivity (Wildman–Crippen MR) is 215 cm³/mol. The van der Waals surface area contributed by atoms with Crippen LogP contribution in [0.15, 0.2) is 162 Å². The fourth-order valence-corrected chi connectivity index (χ4v) is 8.47. The minimum Gasteiger partial charge on any atom is -0.456 e. The molecule has 0 saturated heterocycles. The smallest absolute Gasteiger partial charge is 0.164 e. The molecule has 11 rings (SSSR count). The molecule has 5 heteroatoms. The summed E-state index contributed by atoms with van der Waals surface area (Å²) >= 11 is 0. The molecule has 0 amide bonds. The molecule has 0 aliphatic heterocycles. The standard InChI is InChI=1S/C48H32N4O/c1-48(2)38-19-11-9-17-33(38)36-27-37-34-25-26-42-43(35-18-10-12-20-41(35)53-42)44(34)52(40(37)28-39(36)48)32-23-21-31(22-24-32)47-50-45(29-13-5-3-6-14-29)49-46(51-47)30-15-7-4-8-16-30/h3-28H,1-2H3. The van der Waals surface area contributed by atoms with E-state index >= 15 is 0 Å². The molecule has 10 aromatic rings. The number of rotatable bonds is 4. The van der Waals surface area contributed by atoms with Crippen LogP contribution in [0.25, 0.3) is 94.7 Å². The quantitative estimate of drug-likeness (QED) is 0.186. The van der Waals surface area contributed by atoms with Crippen molar-refractivity contribution in [3.05, 3.63) is 169 Å². The van der Waals surface area contributed by atoms with E-state index < -0.39 is 0 Å². The lowest BCUT2D eigenvalue weighted by Crippen LogP contribution is -2.14. The molecule has 3 aromatic heterocycles. The molecule has 1 aliphatic carbocycles. The van der Waals surface area contributed by atoms with Gasteiger partial charge in [-0.2, -0.15) is 0 Å². The van der Waals surface area contributed by atoms with Gasteiger partial charge in [0.1, 0.15) is 11.2 Å². The van der Waals surface area contributed by atoms with Gasteiger partial charge in [0.05, 0.1) is 16.4 Å². The topological polar surface area (TPSA) is 56.7 Å². The van der Waals surface area contributed by atoms with E-state index in [0.717, 1.165) is 49.8 Å². The Labute approximate surface area is 305 Å². The van der Waals surface area contributed by atoms with Crippen molar-refractivity contribution in [3.8, 4) is 51.0 Å². The third-order valence-electron chi connectivity index (χ3n) is 11.1. The number of para-hydroxylation sites is 1. The van der Waals surface area contributed by atoms with Crippen LogP contribution in [-0.4, -0.2) is 19.5 Å². The largest absolute Gasteiger partial charge is 0.456 e. The summed E-state index contributed by atoms with van der Waals surface area (Å²) in [7, 11) is 0. The zero-order chi connectivity index (χ0) is 35.3. The number of furan rings is 1. The van der Waals surface area contributed by atoms with Gasteiger partial charge in [-0.05, 0) is 76.9 Å². The van der Waals surface area contributed by atoms with E-state index in [0.29, 0.717) is 17.5 Å². The van der Waals surface area contributed by atoms with Gasteiger partial charge in [0.15, 0.2) is 17.5 Å². The van der Waals surface area contributed by atoms with E-state index in [4.69, 9.17) is 19.4 Å². The molecule has 7 aromatic carbocycles. The van der Waals surface area contributed by atoms with Gasteiger partial charge in [-0.1, -0.05) is 117 Å². The summed E-state index contributed by atoms with van der Waals surface area (Å²) in [6.07, 6.45) is 0. The van der Waals surface area contributed by atoms with Crippen molar-refractivity contribution in [2.45, 2.75) is 19.3 Å². The summed E-state index contributed by atoms with van der Waals surface area (Å²) in [5.74, 6) is 1.92. The third kappa shape index (κ3) is 4.40. The summed E-state index contributed by atoms with van der Waals surface area (Å²) in [4.78, 5) is 14.9. The summed E-state index contributed by atoms with van der Waals surface area (Å²) in [6.45, 7) is 4.68. The molecule has 0 fully saturated rings. The summed E-state index contributed by atoms with van der Waals surface area (Å²) in [5.41, 5.74) is 13.2. The molecule has 0 atom stereocenters. The van der Waals surface area contributed by atoms with Crippen LogP contribution in [0.5, 0.6) is 0 Å². The number of benzene rings is 7. The normalized spacial score (nSPS) is 13.2. The van der Waals surface area contributed by atoms with Crippen LogP contribution in [0, 0.1) is 0 Å². The lowest BCUT2D eigenvalue weighted by Gasteiger charge is -2.21. The molecule has 0 spiro atoms. The number of fused-ring (bicyclic) bond motifs is 10. The second kappa shape index (κ2) is 11.1. The maximum absolute atomic E-state index is 6.44. The SMILES string of the molecule is CC1(C)c2ccccc2-c2cc3c4ccc5oc6ccccc6c5c4n(-c4ccc(-c5nc(-c6ccccc6)nc(-c6ccccc6)n5)cc4)c3cc21. The highest BCUT2D eigenvalue weighted by atomic mass is 16.3. The maximum Gasteiger partial charge on any atom is 0.164 e. The molecule has 1 aliphatic rings. The minimum absolute atomic E-state index is 0.130.